The first-order chi connectivity index (χ1) is 6.63. The van der Waals surface area contributed by atoms with Crippen LogP contribution in [0.2, 0.25) is 0 Å². The van der Waals surface area contributed by atoms with Gasteiger partial charge in [-0.05, 0) is 12.0 Å². The number of halogens is 1. The average Bonchev–Trinajstić information content (AvgIpc) is 2.19. The highest BCUT2D eigenvalue weighted by atomic mass is 19.1. The molecule has 0 spiro atoms. The summed E-state index contributed by atoms with van der Waals surface area (Å²) in [7, 11) is 1.42. The molecule has 0 aromatic heterocycles. The predicted octanol–water partition coefficient (Wildman–Crippen LogP) is 1.32. The molecule has 0 saturated heterocycles. The molecule has 0 aromatic rings. The van der Waals surface area contributed by atoms with Crippen molar-refractivity contribution >= 4 is 0 Å². The third-order valence-corrected chi connectivity index (χ3v) is 2.11. The number of ether oxygens (including phenoxy) is 1. The Kier molecular flexibility index (Phi) is 4.10. The van der Waals surface area contributed by atoms with Gasteiger partial charge in [-0.2, -0.15) is 0 Å². The van der Waals surface area contributed by atoms with Gasteiger partial charge in [0.25, 0.3) is 0 Å². The number of methoxy groups -OCH3 is 1. The quantitative estimate of drug-likeness (QED) is 0.672. The van der Waals surface area contributed by atoms with Crippen LogP contribution in [-0.4, -0.2) is 25.0 Å². The van der Waals surface area contributed by atoms with Gasteiger partial charge in [-0.15, -0.1) is 0 Å². The minimum atomic E-state index is -0.845. The molecule has 1 rings (SSSR count). The van der Waals surface area contributed by atoms with Crippen molar-refractivity contribution in [2.75, 3.05) is 13.7 Å². The fourth-order valence-electron chi connectivity index (χ4n) is 1.25. The first kappa shape index (κ1) is 11.2. The zero-order chi connectivity index (χ0) is 10.6. The molecule has 1 aliphatic heterocycles. The van der Waals surface area contributed by atoms with Crippen LogP contribution >= 0.6 is 0 Å². The lowest BCUT2D eigenvalue weighted by Crippen LogP contribution is -2.31. The minimum Gasteiger partial charge on any atom is -0.494 e. The van der Waals surface area contributed by atoms with Crippen LogP contribution in [0.4, 0.5) is 4.39 Å². The van der Waals surface area contributed by atoms with Crippen LogP contribution in [0.15, 0.2) is 23.7 Å². The summed E-state index contributed by atoms with van der Waals surface area (Å²) in [4.78, 5) is 0. The van der Waals surface area contributed by atoms with E-state index in [-0.39, 0.29) is 18.1 Å². The van der Waals surface area contributed by atoms with E-state index in [2.05, 4.69) is 5.32 Å². The highest BCUT2D eigenvalue weighted by Gasteiger charge is 2.14. The topological polar surface area (TPSA) is 41.5 Å². The summed E-state index contributed by atoms with van der Waals surface area (Å²) < 4.78 is 18.2. The molecule has 1 aliphatic rings. The van der Waals surface area contributed by atoms with Crippen molar-refractivity contribution in [1.82, 2.24) is 5.32 Å². The summed E-state index contributed by atoms with van der Waals surface area (Å²) >= 11 is 0. The third kappa shape index (κ3) is 3.12. The summed E-state index contributed by atoms with van der Waals surface area (Å²) in [5.74, 6) is -0.00171. The number of rotatable bonds is 1. The lowest BCUT2D eigenvalue weighted by molar-refractivity contribution is 0.126. The molecule has 2 atom stereocenters. The lowest BCUT2D eigenvalue weighted by Gasteiger charge is -2.12. The van der Waals surface area contributed by atoms with Gasteiger partial charge in [0, 0.05) is 13.0 Å². The maximum Gasteiger partial charge on any atom is 0.150 e. The van der Waals surface area contributed by atoms with Crippen molar-refractivity contribution in [3.8, 4) is 0 Å². The number of hydrogen-bond donors (Lipinski definition) is 2. The number of aliphatic hydroxyl groups is 1. The molecule has 0 amide bonds. The molecule has 1 heterocycles. The Balaban J connectivity index is 2.83. The fourth-order valence-corrected chi connectivity index (χ4v) is 1.25. The molecule has 2 N–H and O–H groups in total. The summed E-state index contributed by atoms with van der Waals surface area (Å²) in [6.07, 6.45) is 2.56. The largest absolute Gasteiger partial charge is 0.494 e. The van der Waals surface area contributed by atoms with E-state index >= 15 is 0 Å². The van der Waals surface area contributed by atoms with Gasteiger partial charge in [-0.1, -0.05) is 13.0 Å². The van der Waals surface area contributed by atoms with Crippen molar-refractivity contribution in [1.29, 1.82) is 0 Å². The predicted molar refractivity (Wildman–Crippen MR) is 52.1 cm³/mol. The first-order valence-corrected chi connectivity index (χ1v) is 4.65. The Morgan fingerprint density at radius 1 is 1.64 bits per heavy atom. The molecule has 0 fully saturated rings. The Hall–Kier alpha value is -0.870. The van der Waals surface area contributed by atoms with Crippen molar-refractivity contribution in [3.63, 3.8) is 0 Å². The van der Waals surface area contributed by atoms with Crippen LogP contribution < -0.4 is 5.32 Å². The van der Waals surface area contributed by atoms with E-state index < -0.39 is 12.1 Å². The second-order valence-electron chi connectivity index (χ2n) is 3.44. The minimum absolute atomic E-state index is 0.0553. The SMILES string of the molecule is COC1=C(F)CC(O)NCC(C)C=C1. The third-order valence-electron chi connectivity index (χ3n) is 2.11. The molecule has 3 nitrogen and oxygen atoms in total. The maximum atomic E-state index is 13.4. The van der Waals surface area contributed by atoms with Crippen LogP contribution in [0.25, 0.3) is 0 Å². The van der Waals surface area contributed by atoms with Gasteiger partial charge >= 0.3 is 0 Å². The van der Waals surface area contributed by atoms with E-state index in [0.717, 1.165) is 0 Å². The molecule has 0 radical (unpaired) electrons. The normalized spacial score (nSPS) is 29.4. The smallest absolute Gasteiger partial charge is 0.150 e. The van der Waals surface area contributed by atoms with E-state index in [1.54, 1.807) is 6.08 Å². The standard InChI is InChI=1S/C10H16FNO2/c1-7-3-4-9(14-2)8(11)5-10(13)12-6-7/h3-4,7,10,12-13H,5-6H2,1-2H3. The molecule has 14 heavy (non-hydrogen) atoms. The molecule has 4 heteroatoms. The molecular weight excluding hydrogens is 185 g/mol. The van der Waals surface area contributed by atoms with Crippen LogP contribution in [0.1, 0.15) is 13.3 Å². The van der Waals surface area contributed by atoms with Gasteiger partial charge in [0.15, 0.2) is 0 Å². The van der Waals surface area contributed by atoms with Crippen LogP contribution in [0, 0.1) is 5.92 Å². The van der Waals surface area contributed by atoms with E-state index in [0.29, 0.717) is 6.54 Å². The van der Waals surface area contributed by atoms with Crippen LogP contribution in [-0.2, 0) is 4.74 Å². The van der Waals surface area contributed by atoms with Gasteiger partial charge in [0.05, 0.1) is 7.11 Å². The summed E-state index contributed by atoms with van der Waals surface area (Å²) in [5, 5.41) is 12.2. The van der Waals surface area contributed by atoms with E-state index in [1.807, 2.05) is 13.0 Å². The summed E-state index contributed by atoms with van der Waals surface area (Å²) in [5.41, 5.74) is 0. The van der Waals surface area contributed by atoms with Crippen molar-refractivity contribution in [2.24, 2.45) is 5.92 Å². The number of aliphatic hydroxyl groups excluding tert-OH is 1. The van der Waals surface area contributed by atoms with Crippen molar-refractivity contribution in [3.05, 3.63) is 23.7 Å². The fraction of sp³-hybridized carbons (Fsp3) is 0.600. The van der Waals surface area contributed by atoms with Gasteiger partial charge in [-0.25, -0.2) is 4.39 Å². The number of allylic oxidation sites excluding steroid dienone is 1. The summed E-state index contributed by atoms with van der Waals surface area (Å²) in [6, 6.07) is 0. The Morgan fingerprint density at radius 2 is 2.36 bits per heavy atom. The molecule has 0 bridgehead atoms. The van der Waals surface area contributed by atoms with E-state index in [1.165, 1.54) is 7.11 Å². The average molecular weight is 201 g/mol. The monoisotopic (exact) mass is 201 g/mol. The van der Waals surface area contributed by atoms with Crippen molar-refractivity contribution in [2.45, 2.75) is 19.6 Å². The van der Waals surface area contributed by atoms with E-state index in [9.17, 15) is 9.50 Å². The van der Waals surface area contributed by atoms with Gasteiger partial charge in [0.1, 0.15) is 17.8 Å². The van der Waals surface area contributed by atoms with Gasteiger partial charge in [-0.3, -0.25) is 5.32 Å². The highest BCUT2D eigenvalue weighted by Crippen LogP contribution is 2.16. The zero-order valence-electron chi connectivity index (χ0n) is 8.46. The Bertz CT molecular complexity index is 251. The van der Waals surface area contributed by atoms with Crippen molar-refractivity contribution < 1.29 is 14.2 Å². The molecule has 80 valence electrons. The van der Waals surface area contributed by atoms with Crippen LogP contribution in [0.3, 0.4) is 0 Å². The van der Waals surface area contributed by atoms with Gasteiger partial charge in [0.2, 0.25) is 0 Å². The molecular formula is C10H16FNO2. The zero-order valence-corrected chi connectivity index (χ0v) is 8.46. The highest BCUT2D eigenvalue weighted by molar-refractivity contribution is 5.17. The molecule has 0 aliphatic carbocycles. The number of nitrogens with one attached hydrogen (secondary N) is 1. The lowest BCUT2D eigenvalue weighted by atomic mass is 10.1. The first-order valence-electron chi connectivity index (χ1n) is 4.65. The second-order valence-corrected chi connectivity index (χ2v) is 3.44. The second kappa shape index (κ2) is 5.12. The van der Waals surface area contributed by atoms with E-state index in [4.69, 9.17) is 4.74 Å². The maximum absolute atomic E-state index is 13.4. The number of hydrogen-bond acceptors (Lipinski definition) is 3. The molecule has 0 aromatic carbocycles. The van der Waals surface area contributed by atoms with Gasteiger partial charge < -0.3 is 9.84 Å². The molecule has 0 saturated carbocycles. The summed E-state index contributed by atoms with van der Waals surface area (Å²) in [6.45, 7) is 2.61. The molecule has 2 unspecified atom stereocenters. The Labute approximate surface area is 83.3 Å². The Morgan fingerprint density at radius 3 is 3.00 bits per heavy atom. The van der Waals surface area contributed by atoms with Crippen LogP contribution in [0.5, 0.6) is 0 Å².